The molecule has 7 atom stereocenters. The van der Waals surface area contributed by atoms with Crippen LogP contribution in [0.15, 0.2) is 60.7 Å². The van der Waals surface area contributed by atoms with Gasteiger partial charge in [-0.15, -0.1) is 0 Å². The first-order valence-corrected chi connectivity index (χ1v) is 11.8. The fraction of sp³-hybridized carbons (Fsp3) is 0.393. The number of nitrogens with zero attached hydrogens (tertiary/aromatic N) is 1. The van der Waals surface area contributed by atoms with Crippen LogP contribution in [0.1, 0.15) is 23.1 Å². The van der Waals surface area contributed by atoms with E-state index in [1.165, 1.54) is 4.90 Å². The molecule has 7 rings (SSSR count). The van der Waals surface area contributed by atoms with E-state index in [-0.39, 0.29) is 41.9 Å². The van der Waals surface area contributed by atoms with Gasteiger partial charge in [-0.3, -0.25) is 14.5 Å². The van der Waals surface area contributed by atoms with Crippen molar-refractivity contribution in [1.82, 2.24) is 4.90 Å². The van der Waals surface area contributed by atoms with Crippen LogP contribution in [0.4, 0.5) is 0 Å². The molecule has 3 fully saturated rings. The number of hydrogen-bond donors (Lipinski definition) is 0. The monoisotopic (exact) mass is 441 g/mol. The van der Waals surface area contributed by atoms with E-state index < -0.39 is 12.0 Å². The quantitative estimate of drug-likeness (QED) is 0.306. The van der Waals surface area contributed by atoms with E-state index in [1.807, 2.05) is 50.2 Å². The number of rotatable bonds is 5. The minimum absolute atomic E-state index is 0.124. The van der Waals surface area contributed by atoms with Crippen molar-refractivity contribution in [3.05, 3.63) is 77.4 Å². The molecule has 1 heterocycles. The van der Waals surface area contributed by atoms with Crippen LogP contribution in [0.5, 0.6) is 5.75 Å². The molecule has 2 aromatic carbocycles. The summed E-state index contributed by atoms with van der Waals surface area (Å²) in [5.74, 6) is 0.108. The molecule has 5 nitrogen and oxygen atoms in total. The molecule has 0 spiro atoms. The molecule has 5 heteroatoms. The number of aryl methyl sites for hydroxylation is 2. The van der Waals surface area contributed by atoms with Crippen molar-refractivity contribution in [3.63, 3.8) is 0 Å². The zero-order valence-corrected chi connectivity index (χ0v) is 18.8. The number of hydrogen-bond acceptors (Lipinski definition) is 4. The lowest BCUT2D eigenvalue weighted by molar-refractivity contribution is -0.153. The minimum atomic E-state index is -0.977. The van der Waals surface area contributed by atoms with Crippen molar-refractivity contribution >= 4 is 17.8 Å². The Morgan fingerprint density at radius 3 is 2.09 bits per heavy atom. The molecule has 0 unspecified atom stereocenters. The summed E-state index contributed by atoms with van der Waals surface area (Å²) < 4.78 is 5.77. The molecular formula is C28H27NO4. The standard InChI is InChI=1S/C28H27NO4/c1-15-10-16(2)12-18(11-15)33-28(32)23(13-17-6-4-3-5-7-17)29-26(30)24-19-8-9-20(22-14-21(19)22)25(24)27(29)31/h3-12,19-25H,13-14H2,1-2H3/t19-,20-,21-,22-,23-,24+,25+/m0/s1. The van der Waals surface area contributed by atoms with Crippen molar-refractivity contribution in [2.24, 2.45) is 35.5 Å². The zero-order valence-electron chi connectivity index (χ0n) is 18.8. The van der Waals surface area contributed by atoms with Gasteiger partial charge in [0.25, 0.3) is 0 Å². The van der Waals surface area contributed by atoms with Crippen LogP contribution in [-0.2, 0) is 20.8 Å². The van der Waals surface area contributed by atoms with Crippen LogP contribution in [0.3, 0.4) is 0 Å². The van der Waals surface area contributed by atoms with Crippen LogP contribution in [0.25, 0.3) is 0 Å². The van der Waals surface area contributed by atoms with Crippen molar-refractivity contribution in [2.75, 3.05) is 0 Å². The number of ether oxygens (including phenoxy) is 1. The molecule has 0 aromatic heterocycles. The van der Waals surface area contributed by atoms with Gasteiger partial charge in [-0.25, -0.2) is 4.79 Å². The van der Waals surface area contributed by atoms with Gasteiger partial charge in [0, 0.05) is 6.42 Å². The second kappa shape index (κ2) is 7.41. The fourth-order valence-corrected chi connectivity index (χ4v) is 6.58. The Morgan fingerprint density at radius 1 is 0.939 bits per heavy atom. The topological polar surface area (TPSA) is 63.7 Å². The number of benzene rings is 2. The van der Waals surface area contributed by atoms with Crippen LogP contribution in [0.2, 0.25) is 0 Å². The molecule has 0 N–H and O–H groups in total. The molecule has 0 radical (unpaired) electrons. The lowest BCUT2D eigenvalue weighted by atomic mass is 9.63. The van der Waals surface area contributed by atoms with Crippen LogP contribution >= 0.6 is 0 Å². The summed E-state index contributed by atoms with van der Waals surface area (Å²) >= 11 is 0. The third-order valence-corrected chi connectivity index (χ3v) is 7.97. The van der Waals surface area contributed by atoms with Crippen molar-refractivity contribution in [3.8, 4) is 5.75 Å². The number of esters is 1. The van der Waals surface area contributed by atoms with Crippen LogP contribution in [0, 0.1) is 49.4 Å². The molecule has 2 bridgehead atoms. The summed E-state index contributed by atoms with van der Waals surface area (Å²) in [6.07, 6.45) is 5.65. The third-order valence-electron chi connectivity index (χ3n) is 7.97. The first kappa shape index (κ1) is 20.4. The first-order valence-electron chi connectivity index (χ1n) is 11.8. The van der Waals surface area contributed by atoms with Crippen molar-refractivity contribution in [1.29, 1.82) is 0 Å². The van der Waals surface area contributed by atoms with Crippen molar-refractivity contribution < 1.29 is 19.1 Å². The first-order chi connectivity index (χ1) is 15.9. The van der Waals surface area contributed by atoms with E-state index >= 15 is 0 Å². The van der Waals surface area contributed by atoms with E-state index in [1.54, 1.807) is 12.1 Å². The van der Waals surface area contributed by atoms with E-state index in [4.69, 9.17) is 4.74 Å². The second-order valence-corrected chi connectivity index (χ2v) is 10.2. The molecule has 2 amide bonds. The number of carbonyl (C=O) groups excluding carboxylic acids is 3. The maximum absolute atomic E-state index is 13.7. The molecular weight excluding hydrogens is 414 g/mol. The predicted molar refractivity (Wildman–Crippen MR) is 122 cm³/mol. The molecule has 1 saturated heterocycles. The minimum Gasteiger partial charge on any atom is -0.425 e. The van der Waals surface area contributed by atoms with Gasteiger partial charge in [-0.1, -0.05) is 48.6 Å². The van der Waals surface area contributed by atoms with Gasteiger partial charge in [-0.2, -0.15) is 0 Å². The van der Waals surface area contributed by atoms with Crippen LogP contribution < -0.4 is 4.74 Å². The summed E-state index contributed by atoms with van der Waals surface area (Å²) in [6.45, 7) is 3.89. The lowest BCUT2D eigenvalue weighted by Crippen LogP contribution is -2.48. The second-order valence-electron chi connectivity index (χ2n) is 10.2. The largest absolute Gasteiger partial charge is 0.425 e. The molecule has 33 heavy (non-hydrogen) atoms. The SMILES string of the molecule is Cc1cc(C)cc(OC(=O)[C@H](Cc2ccccc2)N2C(=O)[C@@H]3[C@H]4C=C[C@@H]([C@@H]5C[C@@H]45)[C@H]3C2=O)c1. The van der Waals surface area contributed by atoms with Crippen molar-refractivity contribution in [2.45, 2.75) is 32.7 Å². The molecule has 2 saturated carbocycles. The van der Waals surface area contributed by atoms with Gasteiger partial charge in [0.05, 0.1) is 11.8 Å². The summed E-state index contributed by atoms with van der Waals surface area (Å²) in [4.78, 5) is 42.1. The zero-order chi connectivity index (χ0) is 22.9. The summed E-state index contributed by atoms with van der Waals surface area (Å²) in [5, 5.41) is 0. The van der Waals surface area contributed by atoms with Gasteiger partial charge in [-0.05, 0) is 72.8 Å². The Labute approximate surface area is 193 Å². The maximum Gasteiger partial charge on any atom is 0.335 e. The highest BCUT2D eigenvalue weighted by molar-refractivity contribution is 6.09. The van der Waals surface area contributed by atoms with E-state index in [9.17, 15) is 14.4 Å². The molecule has 1 aliphatic heterocycles. The van der Waals surface area contributed by atoms with Gasteiger partial charge in [0.1, 0.15) is 11.8 Å². The molecule has 5 aliphatic rings. The summed E-state index contributed by atoms with van der Waals surface area (Å²) in [5.41, 5.74) is 2.86. The Balaban J connectivity index is 1.34. The number of allylic oxidation sites excluding steroid dienone is 2. The van der Waals surface area contributed by atoms with Gasteiger partial charge in [0.2, 0.25) is 11.8 Å². The number of imide groups is 1. The summed E-state index contributed by atoms with van der Waals surface area (Å²) in [7, 11) is 0. The maximum atomic E-state index is 13.7. The highest BCUT2D eigenvalue weighted by Crippen LogP contribution is 2.65. The highest BCUT2D eigenvalue weighted by atomic mass is 16.5. The van der Waals surface area contributed by atoms with Crippen LogP contribution in [-0.4, -0.2) is 28.7 Å². The van der Waals surface area contributed by atoms with E-state index in [0.717, 1.165) is 23.1 Å². The van der Waals surface area contributed by atoms with Gasteiger partial charge >= 0.3 is 5.97 Å². The van der Waals surface area contributed by atoms with E-state index in [2.05, 4.69) is 12.2 Å². The number of likely N-dealkylation sites (tertiary alicyclic amines) is 1. The Bertz CT molecular complexity index is 1130. The average Bonchev–Trinajstić information content (AvgIpc) is 3.56. The third kappa shape index (κ3) is 3.25. The Morgan fingerprint density at radius 2 is 1.52 bits per heavy atom. The Kier molecular flexibility index (Phi) is 4.58. The van der Waals surface area contributed by atoms with E-state index in [0.29, 0.717) is 17.6 Å². The predicted octanol–water partition coefficient (Wildman–Crippen LogP) is 3.87. The average molecular weight is 442 g/mol. The molecule has 2 aromatic rings. The highest BCUT2D eigenvalue weighted by Gasteiger charge is 2.68. The normalized spacial score (nSPS) is 31.9. The number of amides is 2. The fourth-order valence-electron chi connectivity index (χ4n) is 6.58. The molecule has 4 aliphatic carbocycles. The van der Waals surface area contributed by atoms with Gasteiger partial charge in [0.15, 0.2) is 0 Å². The summed E-state index contributed by atoms with van der Waals surface area (Å²) in [6, 6.07) is 14.2. The molecule has 168 valence electrons. The lowest BCUT2D eigenvalue weighted by Gasteiger charge is -2.37. The van der Waals surface area contributed by atoms with Gasteiger partial charge < -0.3 is 4.74 Å². The number of carbonyl (C=O) groups is 3. The Hall–Kier alpha value is -3.21. The smallest absolute Gasteiger partial charge is 0.335 e.